The average molecular weight is 254 g/mol. The van der Waals surface area contributed by atoms with Gasteiger partial charge in [-0.15, -0.1) is 0 Å². The number of esters is 1. The molecule has 0 spiro atoms. The lowest BCUT2D eigenvalue weighted by atomic mass is 9.99. The minimum absolute atomic E-state index is 0.0863. The molecule has 0 aromatic heterocycles. The van der Waals surface area contributed by atoms with Crippen molar-refractivity contribution in [2.24, 2.45) is 0 Å². The molecule has 18 heavy (non-hydrogen) atoms. The summed E-state index contributed by atoms with van der Waals surface area (Å²) >= 11 is 0. The van der Waals surface area contributed by atoms with Crippen LogP contribution >= 0.6 is 0 Å². The molecule has 0 saturated carbocycles. The maximum Gasteiger partial charge on any atom is 0.338 e. The summed E-state index contributed by atoms with van der Waals surface area (Å²) < 4.78 is 9.78. The monoisotopic (exact) mass is 254 g/mol. The Morgan fingerprint density at radius 3 is 2.67 bits per heavy atom. The zero-order valence-corrected chi connectivity index (χ0v) is 10.8. The van der Waals surface area contributed by atoms with Crippen LogP contribution in [0.1, 0.15) is 6.92 Å². The van der Waals surface area contributed by atoms with E-state index in [4.69, 9.17) is 9.47 Å². The van der Waals surface area contributed by atoms with Gasteiger partial charge in [-0.3, -0.25) is 4.79 Å². The van der Waals surface area contributed by atoms with E-state index in [1.807, 2.05) is 0 Å². The van der Waals surface area contributed by atoms with Crippen molar-refractivity contribution in [3.63, 3.8) is 0 Å². The van der Waals surface area contributed by atoms with E-state index in [9.17, 15) is 9.59 Å². The van der Waals surface area contributed by atoms with Crippen LogP contribution in [-0.4, -0.2) is 45.3 Å². The molecular formula is C12H18N2O4. The molecule has 0 aromatic carbocycles. The van der Waals surface area contributed by atoms with Crippen LogP contribution in [0, 0.1) is 0 Å². The highest BCUT2D eigenvalue weighted by molar-refractivity contribution is 5.94. The van der Waals surface area contributed by atoms with Gasteiger partial charge in [-0.05, 0) is 6.92 Å². The van der Waals surface area contributed by atoms with Gasteiger partial charge in [0.2, 0.25) is 5.91 Å². The van der Waals surface area contributed by atoms with Crippen molar-refractivity contribution in [3.8, 4) is 0 Å². The van der Waals surface area contributed by atoms with Gasteiger partial charge in [0.15, 0.2) is 0 Å². The average Bonchev–Trinajstić information content (AvgIpc) is 2.49. The van der Waals surface area contributed by atoms with Crippen LogP contribution in [0.4, 0.5) is 0 Å². The predicted octanol–water partition coefficient (Wildman–Crippen LogP) is -0.276. The summed E-state index contributed by atoms with van der Waals surface area (Å²) in [4.78, 5) is 23.4. The molecule has 1 aliphatic heterocycles. The van der Waals surface area contributed by atoms with E-state index < -0.39 is 12.0 Å². The Morgan fingerprint density at radius 2 is 2.17 bits per heavy atom. The summed E-state index contributed by atoms with van der Waals surface area (Å²) in [6.07, 6.45) is 0. The molecule has 0 aromatic rings. The summed E-state index contributed by atoms with van der Waals surface area (Å²) in [5.41, 5.74) is 1.52. The molecule has 0 unspecified atom stereocenters. The van der Waals surface area contributed by atoms with Gasteiger partial charge in [-0.2, -0.15) is 0 Å². The van der Waals surface area contributed by atoms with Crippen molar-refractivity contribution >= 4 is 11.9 Å². The third-order valence-corrected chi connectivity index (χ3v) is 2.57. The van der Waals surface area contributed by atoms with E-state index in [-0.39, 0.29) is 19.1 Å². The second-order valence-electron chi connectivity index (χ2n) is 4.02. The number of ether oxygens (including phenoxy) is 2. The summed E-state index contributed by atoms with van der Waals surface area (Å²) in [6.45, 7) is 5.81. The first kappa shape index (κ1) is 14.2. The third-order valence-electron chi connectivity index (χ3n) is 2.57. The number of carbonyl (C=O) groups is 2. The van der Waals surface area contributed by atoms with Gasteiger partial charge >= 0.3 is 5.97 Å². The lowest BCUT2D eigenvalue weighted by Crippen LogP contribution is -2.39. The SMILES string of the molecule is C=C(C)[C@@H]1NC(=O)CNC(COC)=C1C(=O)OC. The highest BCUT2D eigenvalue weighted by Gasteiger charge is 2.30. The smallest absolute Gasteiger partial charge is 0.338 e. The number of nitrogens with one attached hydrogen (secondary N) is 2. The highest BCUT2D eigenvalue weighted by atomic mass is 16.5. The lowest BCUT2D eigenvalue weighted by Gasteiger charge is -2.20. The molecule has 1 aliphatic rings. The topological polar surface area (TPSA) is 76.7 Å². The molecule has 0 saturated heterocycles. The summed E-state index contributed by atoms with van der Waals surface area (Å²) in [7, 11) is 2.81. The zero-order valence-electron chi connectivity index (χ0n) is 10.8. The number of hydrogen-bond donors (Lipinski definition) is 2. The second-order valence-corrected chi connectivity index (χ2v) is 4.02. The van der Waals surface area contributed by atoms with Gasteiger partial charge in [0.05, 0.1) is 37.6 Å². The Bertz CT molecular complexity index is 401. The Kier molecular flexibility index (Phi) is 4.91. The molecule has 1 amide bonds. The molecule has 0 radical (unpaired) electrons. The number of methoxy groups -OCH3 is 2. The maximum atomic E-state index is 11.9. The molecule has 0 bridgehead atoms. The maximum absolute atomic E-state index is 11.9. The van der Waals surface area contributed by atoms with Crippen molar-refractivity contribution in [1.82, 2.24) is 10.6 Å². The van der Waals surface area contributed by atoms with Crippen LogP contribution < -0.4 is 10.6 Å². The molecule has 1 heterocycles. The number of hydrogen-bond acceptors (Lipinski definition) is 5. The molecular weight excluding hydrogens is 236 g/mol. The third kappa shape index (κ3) is 3.10. The molecule has 6 nitrogen and oxygen atoms in total. The standard InChI is InChI=1S/C12H18N2O4/c1-7(2)11-10(12(16)18-4)8(6-17-3)13-5-9(15)14-11/h11,13H,1,5-6H2,2-4H3,(H,14,15)/t11-/m0/s1. The second kappa shape index (κ2) is 6.20. The molecule has 1 rings (SSSR count). The summed E-state index contributed by atoms with van der Waals surface area (Å²) in [6, 6.07) is -0.565. The van der Waals surface area contributed by atoms with Crippen molar-refractivity contribution in [2.45, 2.75) is 13.0 Å². The Hall–Kier alpha value is -1.82. The van der Waals surface area contributed by atoms with Gasteiger partial charge in [0.25, 0.3) is 0 Å². The number of rotatable bonds is 4. The predicted molar refractivity (Wildman–Crippen MR) is 65.7 cm³/mol. The van der Waals surface area contributed by atoms with Crippen LogP contribution in [-0.2, 0) is 19.1 Å². The Labute approximate surface area is 106 Å². The van der Waals surface area contributed by atoms with E-state index in [2.05, 4.69) is 17.2 Å². The largest absolute Gasteiger partial charge is 0.466 e. The van der Waals surface area contributed by atoms with Crippen molar-refractivity contribution in [3.05, 3.63) is 23.4 Å². The van der Waals surface area contributed by atoms with Gasteiger partial charge in [0.1, 0.15) is 0 Å². The van der Waals surface area contributed by atoms with Crippen LogP contribution in [0.2, 0.25) is 0 Å². The van der Waals surface area contributed by atoms with Crippen molar-refractivity contribution in [2.75, 3.05) is 27.4 Å². The van der Waals surface area contributed by atoms with Crippen LogP contribution in [0.25, 0.3) is 0 Å². The molecule has 100 valence electrons. The first-order valence-electron chi connectivity index (χ1n) is 5.50. The van der Waals surface area contributed by atoms with Crippen molar-refractivity contribution < 1.29 is 19.1 Å². The van der Waals surface area contributed by atoms with Gasteiger partial charge in [-0.25, -0.2) is 4.79 Å². The van der Waals surface area contributed by atoms with E-state index in [0.717, 1.165) is 0 Å². The van der Waals surface area contributed by atoms with Crippen LogP contribution in [0.5, 0.6) is 0 Å². The van der Waals surface area contributed by atoms with Gasteiger partial charge in [0, 0.05) is 7.11 Å². The van der Waals surface area contributed by atoms with Crippen molar-refractivity contribution in [1.29, 1.82) is 0 Å². The number of amides is 1. The van der Waals surface area contributed by atoms with E-state index in [1.165, 1.54) is 14.2 Å². The zero-order chi connectivity index (χ0) is 13.7. The fraction of sp³-hybridized carbons (Fsp3) is 0.500. The first-order valence-corrected chi connectivity index (χ1v) is 5.50. The minimum atomic E-state index is -0.565. The van der Waals surface area contributed by atoms with Crippen LogP contribution in [0.15, 0.2) is 23.4 Å². The Morgan fingerprint density at radius 1 is 1.50 bits per heavy atom. The molecule has 6 heteroatoms. The normalized spacial score (nSPS) is 19.7. The summed E-state index contributed by atoms with van der Waals surface area (Å²) in [5.74, 6) is -0.722. The van der Waals surface area contributed by atoms with Crippen LogP contribution in [0.3, 0.4) is 0 Å². The quantitative estimate of drug-likeness (QED) is 0.533. The molecule has 0 aliphatic carbocycles. The Balaban J connectivity index is 3.23. The van der Waals surface area contributed by atoms with E-state index in [0.29, 0.717) is 16.8 Å². The number of carbonyl (C=O) groups excluding carboxylic acids is 2. The van der Waals surface area contributed by atoms with E-state index >= 15 is 0 Å². The minimum Gasteiger partial charge on any atom is -0.466 e. The van der Waals surface area contributed by atoms with Gasteiger partial charge in [-0.1, -0.05) is 12.2 Å². The molecule has 2 N–H and O–H groups in total. The lowest BCUT2D eigenvalue weighted by molar-refractivity contribution is -0.136. The molecule has 1 atom stereocenters. The van der Waals surface area contributed by atoms with E-state index in [1.54, 1.807) is 6.92 Å². The highest BCUT2D eigenvalue weighted by Crippen LogP contribution is 2.17. The van der Waals surface area contributed by atoms with Gasteiger partial charge < -0.3 is 20.1 Å². The first-order chi connectivity index (χ1) is 8.51. The fourth-order valence-corrected chi connectivity index (χ4v) is 1.73. The molecule has 0 fully saturated rings. The summed E-state index contributed by atoms with van der Waals surface area (Å²) in [5, 5.41) is 5.60. The fourth-order valence-electron chi connectivity index (χ4n) is 1.73.